The molecule has 2 heterocycles. The Morgan fingerprint density at radius 2 is 1.82 bits per heavy atom. The summed E-state index contributed by atoms with van der Waals surface area (Å²) in [5.41, 5.74) is 0. The molecule has 2 heteroatoms. The van der Waals surface area contributed by atoms with Crippen LogP contribution >= 0.6 is 23.5 Å². The Morgan fingerprint density at radius 3 is 2.47 bits per heavy atom. The van der Waals surface area contributed by atoms with E-state index in [9.17, 15) is 0 Å². The summed E-state index contributed by atoms with van der Waals surface area (Å²) >= 11 is 4.58. The molecule has 0 radical (unpaired) electrons. The van der Waals surface area contributed by atoms with Gasteiger partial charge in [-0.1, -0.05) is 12.8 Å². The summed E-state index contributed by atoms with van der Waals surface area (Å²) in [5.74, 6) is 2.10. The maximum atomic E-state index is 2.56. The molecule has 4 fully saturated rings. The van der Waals surface area contributed by atoms with Crippen molar-refractivity contribution in [2.24, 2.45) is 11.8 Å². The van der Waals surface area contributed by atoms with Gasteiger partial charge >= 0.3 is 0 Å². The minimum atomic E-state index is 0.641. The van der Waals surface area contributed by atoms with E-state index >= 15 is 0 Å². The molecule has 0 bridgehead atoms. The van der Waals surface area contributed by atoms with Crippen LogP contribution < -0.4 is 0 Å². The van der Waals surface area contributed by atoms with Gasteiger partial charge in [0.25, 0.3) is 0 Å². The van der Waals surface area contributed by atoms with Crippen LogP contribution in [0, 0.1) is 11.8 Å². The number of hydrogen-bond acceptors (Lipinski definition) is 2. The standard InChI is InChI=1S/C15H24S2/c1-13-8-4-5-10(9-14(13,2)17-13)11-6-7-12-15(11,3)16-12/h10-12H,4-9H2,1-3H3. The van der Waals surface area contributed by atoms with Crippen LogP contribution in [-0.4, -0.2) is 19.5 Å². The topological polar surface area (TPSA) is 0 Å². The summed E-state index contributed by atoms with van der Waals surface area (Å²) in [6, 6.07) is 0. The van der Waals surface area contributed by atoms with E-state index in [0.29, 0.717) is 14.2 Å². The Balaban J connectivity index is 1.55. The SMILES string of the molecule is CC12SC1CCC2C1CCCC2(C)SC2(C)C1. The maximum Gasteiger partial charge on any atom is 0.0284 e. The summed E-state index contributed by atoms with van der Waals surface area (Å²) in [6.07, 6.45) is 9.07. The number of fused-ring (bicyclic) bond motifs is 2. The van der Waals surface area contributed by atoms with Gasteiger partial charge in [0.15, 0.2) is 0 Å². The van der Waals surface area contributed by atoms with E-state index in [-0.39, 0.29) is 0 Å². The molecule has 0 nitrogen and oxygen atoms in total. The molecule has 17 heavy (non-hydrogen) atoms. The molecule has 4 rings (SSSR count). The fourth-order valence-electron chi connectivity index (χ4n) is 4.96. The fraction of sp³-hybridized carbons (Fsp3) is 1.00. The molecular weight excluding hydrogens is 244 g/mol. The van der Waals surface area contributed by atoms with Gasteiger partial charge in [-0.25, -0.2) is 0 Å². The normalized spacial score (nSPS) is 64.8. The maximum absolute atomic E-state index is 2.56. The Hall–Kier alpha value is 0.700. The van der Waals surface area contributed by atoms with E-state index < -0.39 is 0 Å². The Morgan fingerprint density at radius 1 is 1.00 bits per heavy atom. The van der Waals surface area contributed by atoms with Gasteiger partial charge in [0, 0.05) is 19.5 Å². The molecule has 0 N–H and O–H groups in total. The zero-order chi connectivity index (χ0) is 11.9. The van der Waals surface area contributed by atoms with Crippen LogP contribution in [0.15, 0.2) is 0 Å². The van der Waals surface area contributed by atoms with Gasteiger partial charge in [-0.3, -0.25) is 0 Å². The summed E-state index contributed by atoms with van der Waals surface area (Å²) in [6.45, 7) is 7.63. The zero-order valence-corrected chi connectivity index (χ0v) is 12.9. The molecule has 6 unspecified atom stereocenters. The third kappa shape index (κ3) is 1.46. The lowest BCUT2D eigenvalue weighted by Gasteiger charge is -2.29. The lowest BCUT2D eigenvalue weighted by molar-refractivity contribution is 0.270. The van der Waals surface area contributed by atoms with Crippen molar-refractivity contribution in [3.05, 3.63) is 0 Å². The Labute approximate surface area is 114 Å². The van der Waals surface area contributed by atoms with E-state index in [0.717, 1.165) is 17.1 Å². The monoisotopic (exact) mass is 268 g/mol. The van der Waals surface area contributed by atoms with Crippen LogP contribution in [0.1, 0.15) is 59.3 Å². The van der Waals surface area contributed by atoms with E-state index in [1.807, 2.05) is 0 Å². The van der Waals surface area contributed by atoms with Gasteiger partial charge < -0.3 is 0 Å². The molecule has 2 saturated carbocycles. The molecule has 0 aromatic carbocycles. The molecule has 0 amide bonds. The third-order valence-electron chi connectivity index (χ3n) is 6.43. The second kappa shape index (κ2) is 3.23. The van der Waals surface area contributed by atoms with Gasteiger partial charge in [0.05, 0.1) is 0 Å². The van der Waals surface area contributed by atoms with E-state index in [4.69, 9.17) is 0 Å². The van der Waals surface area contributed by atoms with E-state index in [1.165, 1.54) is 38.5 Å². The molecule has 96 valence electrons. The van der Waals surface area contributed by atoms with E-state index in [1.54, 1.807) is 0 Å². The minimum Gasteiger partial charge on any atom is -0.149 e. The molecule has 2 aliphatic carbocycles. The van der Waals surface area contributed by atoms with Crippen LogP contribution in [0.2, 0.25) is 0 Å². The molecule has 2 aliphatic heterocycles. The highest BCUT2D eigenvalue weighted by molar-refractivity contribution is 8.09. The molecule has 2 saturated heterocycles. The highest BCUT2D eigenvalue weighted by Gasteiger charge is 2.67. The highest BCUT2D eigenvalue weighted by Crippen LogP contribution is 2.73. The van der Waals surface area contributed by atoms with Crippen molar-refractivity contribution in [1.29, 1.82) is 0 Å². The lowest BCUT2D eigenvalue weighted by atomic mass is 9.77. The fourth-order valence-corrected chi connectivity index (χ4v) is 8.21. The summed E-state index contributed by atoms with van der Waals surface area (Å²) < 4.78 is 2.00. The molecule has 0 aromatic heterocycles. The smallest absolute Gasteiger partial charge is 0.0284 e. The predicted molar refractivity (Wildman–Crippen MR) is 78.9 cm³/mol. The Kier molecular flexibility index (Phi) is 2.19. The van der Waals surface area contributed by atoms with Crippen LogP contribution in [-0.2, 0) is 0 Å². The van der Waals surface area contributed by atoms with Gasteiger partial charge in [-0.2, -0.15) is 0 Å². The molecule has 4 aliphatic rings. The lowest BCUT2D eigenvalue weighted by Crippen LogP contribution is -2.28. The van der Waals surface area contributed by atoms with Crippen LogP contribution in [0.25, 0.3) is 0 Å². The first-order valence-corrected chi connectivity index (χ1v) is 9.05. The second-order valence-corrected chi connectivity index (χ2v) is 11.1. The first kappa shape index (κ1) is 11.5. The number of thioether (sulfide) groups is 2. The van der Waals surface area contributed by atoms with Crippen LogP contribution in [0.5, 0.6) is 0 Å². The van der Waals surface area contributed by atoms with Crippen LogP contribution in [0.4, 0.5) is 0 Å². The van der Waals surface area contributed by atoms with Gasteiger partial charge in [-0.05, 0) is 58.3 Å². The Bertz CT molecular complexity index is 366. The average molecular weight is 268 g/mol. The molecule has 6 atom stereocenters. The molecular formula is C15H24S2. The van der Waals surface area contributed by atoms with Crippen molar-refractivity contribution >= 4 is 23.5 Å². The van der Waals surface area contributed by atoms with Crippen molar-refractivity contribution in [2.45, 2.75) is 78.8 Å². The predicted octanol–water partition coefficient (Wildman–Crippen LogP) is 4.72. The van der Waals surface area contributed by atoms with Crippen molar-refractivity contribution in [3.8, 4) is 0 Å². The quantitative estimate of drug-likeness (QED) is 0.631. The largest absolute Gasteiger partial charge is 0.149 e. The molecule has 0 spiro atoms. The van der Waals surface area contributed by atoms with Crippen molar-refractivity contribution in [1.82, 2.24) is 0 Å². The average Bonchev–Trinajstić information content (AvgIpc) is 2.99. The molecule has 0 aromatic rings. The van der Waals surface area contributed by atoms with Gasteiger partial charge in [-0.15, -0.1) is 23.5 Å². The third-order valence-corrected chi connectivity index (χ3v) is 10.3. The van der Waals surface area contributed by atoms with Gasteiger partial charge in [0.2, 0.25) is 0 Å². The van der Waals surface area contributed by atoms with Crippen molar-refractivity contribution in [2.75, 3.05) is 0 Å². The zero-order valence-electron chi connectivity index (χ0n) is 11.3. The second-order valence-electron chi connectivity index (χ2n) is 7.39. The summed E-state index contributed by atoms with van der Waals surface area (Å²) in [5, 5.41) is 1.04. The highest BCUT2D eigenvalue weighted by atomic mass is 32.2. The first-order chi connectivity index (χ1) is 7.97. The number of rotatable bonds is 1. The van der Waals surface area contributed by atoms with Crippen LogP contribution in [0.3, 0.4) is 0 Å². The summed E-state index contributed by atoms with van der Waals surface area (Å²) in [7, 11) is 0. The van der Waals surface area contributed by atoms with E-state index in [2.05, 4.69) is 44.3 Å². The van der Waals surface area contributed by atoms with Gasteiger partial charge in [0.1, 0.15) is 0 Å². The first-order valence-electron chi connectivity index (χ1n) is 7.35. The van der Waals surface area contributed by atoms with Crippen molar-refractivity contribution in [3.63, 3.8) is 0 Å². The minimum absolute atomic E-state index is 0.641. The summed E-state index contributed by atoms with van der Waals surface area (Å²) in [4.78, 5) is 0. The number of hydrogen-bond donors (Lipinski definition) is 0. The van der Waals surface area contributed by atoms with Crippen molar-refractivity contribution < 1.29 is 0 Å².